The van der Waals surface area contributed by atoms with Crippen molar-refractivity contribution in [1.29, 1.82) is 0 Å². The molecule has 0 aromatic heterocycles. The van der Waals surface area contributed by atoms with Crippen LogP contribution in [0.1, 0.15) is 32.8 Å². The zero-order chi connectivity index (χ0) is 17.7. The van der Waals surface area contributed by atoms with Crippen LogP contribution in [0.5, 0.6) is 5.75 Å². The summed E-state index contributed by atoms with van der Waals surface area (Å²) in [5, 5.41) is 2.98. The van der Waals surface area contributed by atoms with Gasteiger partial charge in [-0.1, -0.05) is 0 Å². The zero-order valence-corrected chi connectivity index (χ0v) is 15.0. The van der Waals surface area contributed by atoms with Crippen LogP contribution in [-0.4, -0.2) is 49.6 Å². The lowest BCUT2D eigenvalue weighted by Crippen LogP contribution is -2.49. The van der Waals surface area contributed by atoms with E-state index in [-0.39, 0.29) is 17.5 Å². The molecule has 1 aromatic rings. The van der Waals surface area contributed by atoms with Gasteiger partial charge in [-0.2, -0.15) is 0 Å². The number of nitrogens with zero attached hydrogens (tertiary/aromatic N) is 2. The van der Waals surface area contributed by atoms with E-state index >= 15 is 0 Å². The lowest BCUT2D eigenvalue weighted by Gasteiger charge is -2.27. The number of amides is 3. The molecular formula is C18H25N3O3. The second-order valence-corrected chi connectivity index (χ2v) is 7.68. The number of anilines is 1. The predicted octanol–water partition coefficient (Wildman–Crippen LogP) is 2.12. The van der Waals surface area contributed by atoms with E-state index in [2.05, 4.69) is 5.32 Å². The molecule has 1 unspecified atom stereocenters. The summed E-state index contributed by atoms with van der Waals surface area (Å²) in [6.45, 7) is 6.82. The van der Waals surface area contributed by atoms with Crippen LogP contribution in [0, 0.1) is 0 Å². The molecular weight excluding hydrogens is 306 g/mol. The van der Waals surface area contributed by atoms with Gasteiger partial charge in [0.15, 0.2) is 0 Å². The fourth-order valence-corrected chi connectivity index (χ4v) is 3.64. The van der Waals surface area contributed by atoms with Crippen LogP contribution in [0.3, 0.4) is 0 Å². The zero-order valence-electron chi connectivity index (χ0n) is 15.0. The third kappa shape index (κ3) is 2.50. The Morgan fingerprint density at radius 1 is 1.33 bits per heavy atom. The summed E-state index contributed by atoms with van der Waals surface area (Å²) < 4.78 is 5.33. The van der Waals surface area contributed by atoms with Crippen molar-refractivity contribution in [2.24, 2.45) is 0 Å². The first-order chi connectivity index (χ1) is 11.2. The van der Waals surface area contributed by atoms with Crippen molar-refractivity contribution in [1.82, 2.24) is 10.2 Å². The maximum absolute atomic E-state index is 13.0. The van der Waals surface area contributed by atoms with Crippen molar-refractivity contribution in [2.45, 2.75) is 38.1 Å². The average Bonchev–Trinajstić information content (AvgIpc) is 3.04. The third-order valence-corrected chi connectivity index (χ3v) is 4.83. The molecule has 1 atom stereocenters. The highest BCUT2D eigenvalue weighted by molar-refractivity contribution is 6.08. The van der Waals surface area contributed by atoms with Gasteiger partial charge in [0.05, 0.1) is 12.5 Å². The molecule has 2 aliphatic rings. The number of ether oxygens (including phenoxy) is 1. The Morgan fingerprint density at radius 2 is 2.04 bits per heavy atom. The van der Waals surface area contributed by atoms with Crippen LogP contribution in [0.4, 0.5) is 10.5 Å². The second-order valence-electron chi connectivity index (χ2n) is 7.68. The number of carbonyl (C=O) groups is 2. The SMILES string of the molecule is COc1ccc2c(c1)C1(CCN(C(=O)NC(C)(C)C)C1)C(=O)N2C. The number of benzene rings is 1. The van der Waals surface area contributed by atoms with Crippen molar-refractivity contribution in [2.75, 3.05) is 32.1 Å². The number of carbonyl (C=O) groups excluding carboxylic acids is 2. The van der Waals surface area contributed by atoms with Crippen molar-refractivity contribution < 1.29 is 14.3 Å². The van der Waals surface area contributed by atoms with Gasteiger partial charge in [-0.25, -0.2) is 4.79 Å². The molecule has 0 radical (unpaired) electrons. The van der Waals surface area contributed by atoms with Gasteiger partial charge in [0.1, 0.15) is 5.75 Å². The Hall–Kier alpha value is -2.24. The van der Waals surface area contributed by atoms with Crippen LogP contribution >= 0.6 is 0 Å². The van der Waals surface area contributed by atoms with Crippen molar-refractivity contribution in [3.05, 3.63) is 23.8 Å². The maximum Gasteiger partial charge on any atom is 0.317 e. The minimum Gasteiger partial charge on any atom is -0.497 e. The number of likely N-dealkylation sites (N-methyl/N-ethyl adjacent to an activating group) is 1. The van der Waals surface area contributed by atoms with E-state index in [1.807, 2.05) is 39.0 Å². The highest BCUT2D eigenvalue weighted by Gasteiger charge is 2.54. The molecule has 24 heavy (non-hydrogen) atoms. The first-order valence-electron chi connectivity index (χ1n) is 8.22. The van der Waals surface area contributed by atoms with E-state index in [0.717, 1.165) is 17.0 Å². The number of rotatable bonds is 1. The average molecular weight is 331 g/mol. The van der Waals surface area contributed by atoms with Crippen molar-refractivity contribution in [3.8, 4) is 5.75 Å². The quantitative estimate of drug-likeness (QED) is 0.857. The van der Waals surface area contributed by atoms with Crippen LogP contribution in [0.2, 0.25) is 0 Å². The molecule has 6 nitrogen and oxygen atoms in total. The molecule has 3 rings (SSSR count). The lowest BCUT2D eigenvalue weighted by atomic mass is 9.81. The number of hydrogen-bond acceptors (Lipinski definition) is 3. The summed E-state index contributed by atoms with van der Waals surface area (Å²) in [4.78, 5) is 28.9. The molecule has 6 heteroatoms. The lowest BCUT2D eigenvalue weighted by molar-refractivity contribution is -0.122. The van der Waals surface area contributed by atoms with Gasteiger partial charge in [0.25, 0.3) is 0 Å². The Bertz CT molecular complexity index is 695. The molecule has 1 spiro atoms. The summed E-state index contributed by atoms with van der Waals surface area (Å²) >= 11 is 0. The molecule has 1 fully saturated rings. The predicted molar refractivity (Wildman–Crippen MR) is 92.6 cm³/mol. The number of likely N-dealkylation sites (tertiary alicyclic amines) is 1. The van der Waals surface area contributed by atoms with Crippen LogP contribution < -0.4 is 15.0 Å². The van der Waals surface area contributed by atoms with Crippen molar-refractivity contribution >= 4 is 17.6 Å². The van der Waals surface area contributed by atoms with Gasteiger partial charge in [-0.05, 0) is 51.0 Å². The Morgan fingerprint density at radius 3 is 2.67 bits per heavy atom. The number of urea groups is 1. The molecule has 0 bridgehead atoms. The van der Waals surface area contributed by atoms with E-state index in [1.165, 1.54) is 0 Å². The fraction of sp³-hybridized carbons (Fsp3) is 0.556. The van der Waals surface area contributed by atoms with E-state index < -0.39 is 5.41 Å². The molecule has 0 saturated carbocycles. The standard InChI is InChI=1S/C18H25N3O3/c1-17(2,3)19-16(23)21-9-8-18(11-21)13-10-12(24-5)6-7-14(13)20(4)15(18)22/h6-7,10H,8-9,11H2,1-5H3,(H,19,23). The van der Waals surface area contributed by atoms with Gasteiger partial charge in [-0.3, -0.25) is 4.79 Å². The molecule has 130 valence electrons. The molecule has 1 saturated heterocycles. The molecule has 2 heterocycles. The van der Waals surface area contributed by atoms with Gasteiger partial charge >= 0.3 is 6.03 Å². The second kappa shape index (κ2) is 5.40. The van der Waals surface area contributed by atoms with E-state index in [9.17, 15) is 9.59 Å². The minimum absolute atomic E-state index is 0.0526. The van der Waals surface area contributed by atoms with Gasteiger partial charge in [0, 0.05) is 31.4 Å². The molecule has 1 aromatic carbocycles. The van der Waals surface area contributed by atoms with Gasteiger partial charge in [-0.15, -0.1) is 0 Å². The molecule has 2 aliphatic heterocycles. The number of nitrogens with one attached hydrogen (secondary N) is 1. The summed E-state index contributed by atoms with van der Waals surface area (Å²) in [6.07, 6.45) is 0.633. The smallest absolute Gasteiger partial charge is 0.317 e. The van der Waals surface area contributed by atoms with E-state index in [1.54, 1.807) is 24.0 Å². The number of fused-ring (bicyclic) bond motifs is 2. The topological polar surface area (TPSA) is 61.9 Å². The summed E-state index contributed by atoms with van der Waals surface area (Å²) in [7, 11) is 3.41. The third-order valence-electron chi connectivity index (χ3n) is 4.83. The first-order valence-corrected chi connectivity index (χ1v) is 8.22. The first kappa shape index (κ1) is 16.6. The summed E-state index contributed by atoms with van der Waals surface area (Å²) in [5.41, 5.74) is 0.900. The largest absolute Gasteiger partial charge is 0.497 e. The van der Waals surface area contributed by atoms with Gasteiger partial charge < -0.3 is 19.9 Å². The fourth-order valence-electron chi connectivity index (χ4n) is 3.64. The summed E-state index contributed by atoms with van der Waals surface area (Å²) in [5.74, 6) is 0.783. The van der Waals surface area contributed by atoms with Crippen LogP contribution in [-0.2, 0) is 10.2 Å². The highest BCUT2D eigenvalue weighted by atomic mass is 16.5. The molecule has 0 aliphatic carbocycles. The Kier molecular flexibility index (Phi) is 3.73. The number of hydrogen-bond donors (Lipinski definition) is 1. The molecule has 1 N–H and O–H groups in total. The monoisotopic (exact) mass is 331 g/mol. The highest BCUT2D eigenvalue weighted by Crippen LogP contribution is 2.47. The summed E-state index contributed by atoms with van der Waals surface area (Å²) in [6, 6.07) is 5.59. The van der Waals surface area contributed by atoms with Crippen molar-refractivity contribution in [3.63, 3.8) is 0 Å². The normalized spacial score (nSPS) is 23.0. The maximum atomic E-state index is 13.0. The Balaban J connectivity index is 1.92. The Labute approximate surface area is 142 Å². The molecule has 3 amide bonds. The minimum atomic E-state index is -0.659. The number of methoxy groups -OCH3 is 1. The van der Waals surface area contributed by atoms with Crippen LogP contribution in [0.25, 0.3) is 0 Å². The van der Waals surface area contributed by atoms with E-state index in [0.29, 0.717) is 19.5 Å². The van der Waals surface area contributed by atoms with Gasteiger partial charge in [0.2, 0.25) is 5.91 Å². The van der Waals surface area contributed by atoms with Crippen LogP contribution in [0.15, 0.2) is 18.2 Å². The van der Waals surface area contributed by atoms with E-state index in [4.69, 9.17) is 4.74 Å².